The number of nitrogens with zero attached hydrogens (tertiary/aromatic N) is 1. The molecule has 2 N–H and O–H groups in total. The van der Waals surface area contributed by atoms with Crippen molar-refractivity contribution in [1.82, 2.24) is 10.2 Å². The molecule has 0 aromatic carbocycles. The van der Waals surface area contributed by atoms with Crippen molar-refractivity contribution in [3.63, 3.8) is 0 Å². The summed E-state index contributed by atoms with van der Waals surface area (Å²) >= 11 is 0. The van der Waals surface area contributed by atoms with E-state index in [4.69, 9.17) is 0 Å². The van der Waals surface area contributed by atoms with Gasteiger partial charge in [0.1, 0.15) is 6.04 Å². The first-order valence-corrected chi connectivity index (χ1v) is 8.37. The Bertz CT molecular complexity index is 511. The highest BCUT2D eigenvalue weighted by Gasteiger charge is 2.56. The Morgan fingerprint density at radius 2 is 2.00 bits per heavy atom. The lowest BCUT2D eigenvalue weighted by Crippen LogP contribution is -2.47. The zero-order valence-electron chi connectivity index (χ0n) is 14.5. The number of amides is 2. The van der Waals surface area contributed by atoms with Crippen LogP contribution in [0, 0.1) is 16.7 Å². The molecular weight excluding hydrogens is 296 g/mol. The summed E-state index contributed by atoms with van der Waals surface area (Å²) in [5.41, 5.74) is -0.907. The molecule has 0 aromatic heterocycles. The molecule has 6 heteroatoms. The van der Waals surface area contributed by atoms with E-state index in [2.05, 4.69) is 5.32 Å². The van der Waals surface area contributed by atoms with Gasteiger partial charge in [0.05, 0.1) is 5.41 Å². The van der Waals surface area contributed by atoms with Gasteiger partial charge in [0, 0.05) is 19.5 Å². The normalized spacial score (nSPS) is 28.3. The summed E-state index contributed by atoms with van der Waals surface area (Å²) in [6, 6.07) is -0.616. The fraction of sp³-hybridized carbons (Fsp3) is 0.824. The van der Waals surface area contributed by atoms with Crippen molar-refractivity contribution < 1.29 is 19.5 Å². The van der Waals surface area contributed by atoms with E-state index in [0.29, 0.717) is 19.4 Å². The molecule has 130 valence electrons. The van der Waals surface area contributed by atoms with Crippen LogP contribution in [0.15, 0.2) is 0 Å². The Hall–Kier alpha value is -1.59. The van der Waals surface area contributed by atoms with Crippen molar-refractivity contribution in [1.29, 1.82) is 0 Å². The number of fused-ring (bicyclic) bond motifs is 1. The van der Waals surface area contributed by atoms with Crippen LogP contribution in [0.1, 0.15) is 53.4 Å². The number of hydrogen-bond donors (Lipinski definition) is 2. The Balaban J connectivity index is 1.96. The van der Waals surface area contributed by atoms with Crippen LogP contribution in [0.5, 0.6) is 0 Å². The first-order valence-electron chi connectivity index (χ1n) is 8.37. The average molecular weight is 324 g/mol. The maximum absolute atomic E-state index is 12.6. The predicted octanol–water partition coefficient (Wildman–Crippen LogP) is 1.64. The summed E-state index contributed by atoms with van der Waals surface area (Å²) in [5.74, 6) is -1.07. The molecule has 0 bridgehead atoms. The number of carbonyl (C=O) groups is 3. The maximum Gasteiger partial charge on any atom is 0.311 e. The van der Waals surface area contributed by atoms with Gasteiger partial charge in [-0.15, -0.1) is 0 Å². The zero-order valence-corrected chi connectivity index (χ0v) is 14.5. The molecular formula is C17H28N2O4. The minimum Gasteiger partial charge on any atom is -0.481 e. The lowest BCUT2D eigenvalue weighted by molar-refractivity contribution is -0.149. The minimum atomic E-state index is -0.792. The zero-order chi connectivity index (χ0) is 17.4. The largest absolute Gasteiger partial charge is 0.481 e. The van der Waals surface area contributed by atoms with Crippen LogP contribution in [0.2, 0.25) is 0 Å². The highest BCUT2D eigenvalue weighted by Crippen LogP contribution is 2.48. The van der Waals surface area contributed by atoms with Gasteiger partial charge >= 0.3 is 5.97 Å². The maximum atomic E-state index is 12.6. The van der Waals surface area contributed by atoms with Crippen molar-refractivity contribution >= 4 is 17.8 Å². The molecule has 6 nitrogen and oxygen atoms in total. The monoisotopic (exact) mass is 324 g/mol. The topological polar surface area (TPSA) is 86.7 Å². The van der Waals surface area contributed by atoms with Gasteiger partial charge in [0.15, 0.2) is 0 Å². The summed E-state index contributed by atoms with van der Waals surface area (Å²) in [5, 5.41) is 12.3. The number of carbonyl (C=O) groups excluding carboxylic acids is 2. The van der Waals surface area contributed by atoms with Gasteiger partial charge < -0.3 is 15.3 Å². The SMILES string of the molecule is CC(NC(=O)CC(C)(C)C)C(=O)N1C[C@@H]2CCC[C@@]2(C(=O)O)C1. The third-order valence-electron chi connectivity index (χ3n) is 5.05. The van der Waals surface area contributed by atoms with Crippen LogP contribution in [0.4, 0.5) is 0 Å². The van der Waals surface area contributed by atoms with E-state index in [-0.39, 0.29) is 29.7 Å². The molecule has 0 aromatic rings. The minimum absolute atomic E-state index is 0.0430. The second-order valence-electron chi connectivity index (χ2n) is 8.30. The molecule has 1 saturated heterocycles. The molecule has 2 amide bonds. The van der Waals surface area contributed by atoms with Gasteiger partial charge in [-0.1, -0.05) is 27.2 Å². The number of carboxylic acids is 1. The van der Waals surface area contributed by atoms with Crippen LogP contribution >= 0.6 is 0 Å². The Morgan fingerprint density at radius 1 is 1.35 bits per heavy atom. The van der Waals surface area contributed by atoms with Gasteiger partial charge in [0.2, 0.25) is 11.8 Å². The van der Waals surface area contributed by atoms with Crippen molar-refractivity contribution in [2.24, 2.45) is 16.7 Å². The summed E-state index contributed by atoms with van der Waals surface area (Å²) in [4.78, 5) is 37.8. The second-order valence-corrected chi connectivity index (χ2v) is 8.30. The van der Waals surface area contributed by atoms with Gasteiger partial charge in [-0.05, 0) is 31.1 Å². The summed E-state index contributed by atoms with van der Waals surface area (Å²) in [6.07, 6.45) is 2.77. The number of rotatable bonds is 4. The molecule has 1 aliphatic carbocycles. The predicted molar refractivity (Wildman–Crippen MR) is 85.7 cm³/mol. The molecule has 1 saturated carbocycles. The van der Waals surface area contributed by atoms with Crippen molar-refractivity contribution in [2.75, 3.05) is 13.1 Å². The fourth-order valence-corrected chi connectivity index (χ4v) is 3.92. The van der Waals surface area contributed by atoms with E-state index in [1.807, 2.05) is 20.8 Å². The number of hydrogen-bond acceptors (Lipinski definition) is 3. The van der Waals surface area contributed by atoms with Crippen LogP contribution in [0.3, 0.4) is 0 Å². The molecule has 1 heterocycles. The third kappa shape index (κ3) is 3.67. The molecule has 1 unspecified atom stereocenters. The quantitative estimate of drug-likeness (QED) is 0.823. The average Bonchev–Trinajstić information content (AvgIpc) is 2.92. The van der Waals surface area contributed by atoms with Gasteiger partial charge in [0.25, 0.3) is 0 Å². The lowest BCUT2D eigenvalue weighted by atomic mass is 9.81. The Morgan fingerprint density at radius 3 is 2.52 bits per heavy atom. The molecule has 23 heavy (non-hydrogen) atoms. The van der Waals surface area contributed by atoms with E-state index in [1.165, 1.54) is 0 Å². The lowest BCUT2D eigenvalue weighted by Gasteiger charge is -2.26. The Kier molecular flexibility index (Phi) is 4.74. The van der Waals surface area contributed by atoms with Crippen LogP contribution in [0.25, 0.3) is 0 Å². The van der Waals surface area contributed by atoms with Crippen molar-refractivity contribution in [2.45, 2.75) is 59.4 Å². The molecule has 2 fully saturated rings. The molecule has 1 aliphatic heterocycles. The van der Waals surface area contributed by atoms with Crippen LogP contribution < -0.4 is 5.32 Å². The van der Waals surface area contributed by atoms with Crippen molar-refractivity contribution in [3.05, 3.63) is 0 Å². The smallest absolute Gasteiger partial charge is 0.311 e. The van der Waals surface area contributed by atoms with E-state index >= 15 is 0 Å². The molecule has 0 spiro atoms. The highest BCUT2D eigenvalue weighted by atomic mass is 16.4. The van der Waals surface area contributed by atoms with E-state index in [0.717, 1.165) is 12.8 Å². The number of carboxylic acid groups (broad SMARTS) is 1. The van der Waals surface area contributed by atoms with Gasteiger partial charge in [-0.3, -0.25) is 14.4 Å². The number of nitrogens with one attached hydrogen (secondary N) is 1. The fourth-order valence-electron chi connectivity index (χ4n) is 3.92. The summed E-state index contributed by atoms with van der Waals surface area (Å²) in [7, 11) is 0. The second kappa shape index (κ2) is 6.13. The van der Waals surface area contributed by atoms with Crippen LogP contribution in [-0.4, -0.2) is 46.9 Å². The standard InChI is InChI=1S/C17H28N2O4/c1-11(18-13(20)8-16(2,3)4)14(21)19-9-12-6-5-7-17(12,10-19)15(22)23/h11-12H,5-10H2,1-4H3,(H,18,20)(H,22,23)/t11?,12-,17+/m0/s1. The number of likely N-dealkylation sites (tertiary alicyclic amines) is 1. The summed E-state index contributed by atoms with van der Waals surface area (Å²) in [6.45, 7) is 8.34. The third-order valence-corrected chi connectivity index (χ3v) is 5.05. The molecule has 2 aliphatic rings. The molecule has 3 atom stereocenters. The van der Waals surface area contributed by atoms with E-state index in [9.17, 15) is 19.5 Å². The van der Waals surface area contributed by atoms with Crippen LogP contribution in [-0.2, 0) is 14.4 Å². The van der Waals surface area contributed by atoms with Gasteiger partial charge in [-0.25, -0.2) is 0 Å². The Labute approximate surface area is 137 Å². The molecule has 0 radical (unpaired) electrons. The first kappa shape index (κ1) is 17.8. The first-order chi connectivity index (χ1) is 10.5. The van der Waals surface area contributed by atoms with Crippen molar-refractivity contribution in [3.8, 4) is 0 Å². The molecule has 2 rings (SSSR count). The van der Waals surface area contributed by atoms with E-state index in [1.54, 1.807) is 11.8 Å². The van der Waals surface area contributed by atoms with E-state index < -0.39 is 17.4 Å². The van der Waals surface area contributed by atoms with Gasteiger partial charge in [-0.2, -0.15) is 0 Å². The highest BCUT2D eigenvalue weighted by molar-refractivity contribution is 5.88. The summed E-state index contributed by atoms with van der Waals surface area (Å²) < 4.78 is 0. The number of aliphatic carboxylic acids is 1.